The summed E-state index contributed by atoms with van der Waals surface area (Å²) < 4.78 is 5.71. The standard InChI is InChI=1S/C22H27N3O3/c1-3-28-21-12-5-4-8-17(21)19(24-15(2)26)14-22(27)25-13-7-9-16-18(23)10-6-11-20(16)25/h4-6,8,10-12,19H,3,7,9,13-14,23H2,1-2H3,(H,24,26). The molecular weight excluding hydrogens is 354 g/mol. The number of nitrogens with zero attached hydrogens (tertiary/aromatic N) is 1. The highest BCUT2D eigenvalue weighted by Crippen LogP contribution is 2.33. The third-order valence-corrected chi connectivity index (χ3v) is 4.94. The maximum Gasteiger partial charge on any atom is 0.229 e. The van der Waals surface area contributed by atoms with E-state index in [4.69, 9.17) is 10.5 Å². The van der Waals surface area contributed by atoms with E-state index in [0.717, 1.165) is 35.3 Å². The highest BCUT2D eigenvalue weighted by atomic mass is 16.5. The van der Waals surface area contributed by atoms with Crippen LogP contribution in [0.5, 0.6) is 5.75 Å². The highest BCUT2D eigenvalue weighted by Gasteiger charge is 2.28. The Hall–Kier alpha value is -3.02. The number of carbonyl (C=O) groups is 2. The Morgan fingerprint density at radius 1 is 1.21 bits per heavy atom. The molecular formula is C22H27N3O3. The smallest absolute Gasteiger partial charge is 0.229 e. The first-order valence-corrected chi connectivity index (χ1v) is 9.67. The zero-order chi connectivity index (χ0) is 20.1. The number of anilines is 2. The number of ether oxygens (including phenoxy) is 1. The van der Waals surface area contributed by atoms with Gasteiger partial charge in [-0.3, -0.25) is 9.59 Å². The largest absolute Gasteiger partial charge is 0.494 e. The van der Waals surface area contributed by atoms with Crippen molar-refractivity contribution in [2.24, 2.45) is 0 Å². The summed E-state index contributed by atoms with van der Waals surface area (Å²) in [5.41, 5.74) is 9.52. The van der Waals surface area contributed by atoms with Gasteiger partial charge in [-0.15, -0.1) is 0 Å². The number of nitrogen functional groups attached to an aromatic ring is 1. The number of nitrogens with two attached hydrogens (primary N) is 1. The van der Waals surface area contributed by atoms with Gasteiger partial charge in [0.05, 0.1) is 19.1 Å². The lowest BCUT2D eigenvalue weighted by atomic mass is 9.97. The molecule has 1 aliphatic rings. The third-order valence-electron chi connectivity index (χ3n) is 4.94. The van der Waals surface area contributed by atoms with Crippen molar-refractivity contribution in [2.45, 2.75) is 39.2 Å². The van der Waals surface area contributed by atoms with Crippen molar-refractivity contribution >= 4 is 23.2 Å². The van der Waals surface area contributed by atoms with E-state index in [1.54, 1.807) is 4.90 Å². The molecule has 0 radical (unpaired) electrons. The van der Waals surface area contributed by atoms with Crippen molar-refractivity contribution in [3.8, 4) is 5.75 Å². The van der Waals surface area contributed by atoms with E-state index in [-0.39, 0.29) is 18.2 Å². The van der Waals surface area contributed by atoms with Crippen molar-refractivity contribution < 1.29 is 14.3 Å². The summed E-state index contributed by atoms with van der Waals surface area (Å²) in [6.45, 7) is 4.52. The molecule has 1 aliphatic heterocycles. The first kappa shape index (κ1) is 19.7. The Labute approximate surface area is 165 Å². The lowest BCUT2D eigenvalue weighted by Crippen LogP contribution is -2.39. The van der Waals surface area contributed by atoms with Gasteiger partial charge >= 0.3 is 0 Å². The lowest BCUT2D eigenvalue weighted by molar-refractivity contribution is -0.121. The van der Waals surface area contributed by atoms with Gasteiger partial charge in [-0.2, -0.15) is 0 Å². The predicted molar refractivity (Wildman–Crippen MR) is 110 cm³/mol. The molecule has 0 bridgehead atoms. The molecule has 3 N–H and O–H groups in total. The summed E-state index contributed by atoms with van der Waals surface area (Å²) in [6, 6.07) is 12.7. The Bertz CT molecular complexity index is 866. The summed E-state index contributed by atoms with van der Waals surface area (Å²) in [4.78, 5) is 26.8. The molecule has 6 nitrogen and oxygen atoms in total. The fourth-order valence-electron chi connectivity index (χ4n) is 3.73. The van der Waals surface area contributed by atoms with Crippen LogP contribution in [0.1, 0.15) is 43.9 Å². The Morgan fingerprint density at radius 2 is 2.00 bits per heavy atom. The predicted octanol–water partition coefficient (Wildman–Crippen LogP) is 3.21. The average molecular weight is 381 g/mol. The van der Waals surface area contributed by atoms with E-state index >= 15 is 0 Å². The number of rotatable bonds is 6. The number of para-hydroxylation sites is 1. The fourth-order valence-corrected chi connectivity index (χ4v) is 3.73. The van der Waals surface area contributed by atoms with Gasteiger partial charge in [0.2, 0.25) is 11.8 Å². The average Bonchev–Trinajstić information content (AvgIpc) is 2.68. The molecule has 0 saturated heterocycles. The normalized spacial score (nSPS) is 14.1. The molecule has 0 aliphatic carbocycles. The van der Waals surface area contributed by atoms with Crippen LogP contribution in [-0.2, 0) is 16.0 Å². The van der Waals surface area contributed by atoms with Crippen LogP contribution in [0.4, 0.5) is 11.4 Å². The van der Waals surface area contributed by atoms with E-state index in [0.29, 0.717) is 18.9 Å². The SMILES string of the molecule is CCOc1ccccc1C(CC(=O)N1CCCc2c(N)cccc21)NC(C)=O. The molecule has 1 atom stereocenters. The van der Waals surface area contributed by atoms with Crippen molar-refractivity contribution in [3.63, 3.8) is 0 Å². The van der Waals surface area contributed by atoms with Gasteiger partial charge in [0, 0.05) is 30.4 Å². The van der Waals surface area contributed by atoms with Gasteiger partial charge in [0.25, 0.3) is 0 Å². The van der Waals surface area contributed by atoms with Crippen LogP contribution in [0.15, 0.2) is 42.5 Å². The van der Waals surface area contributed by atoms with E-state index in [1.165, 1.54) is 6.92 Å². The molecule has 2 aromatic carbocycles. The maximum absolute atomic E-state index is 13.2. The molecule has 0 saturated carbocycles. The second-order valence-electron chi connectivity index (χ2n) is 6.92. The van der Waals surface area contributed by atoms with Crippen LogP contribution in [0.2, 0.25) is 0 Å². The maximum atomic E-state index is 13.2. The molecule has 3 rings (SSSR count). The molecule has 0 fully saturated rings. The second-order valence-corrected chi connectivity index (χ2v) is 6.92. The highest BCUT2D eigenvalue weighted by molar-refractivity contribution is 5.96. The van der Waals surface area contributed by atoms with Gasteiger partial charge < -0.3 is 20.7 Å². The van der Waals surface area contributed by atoms with E-state index in [2.05, 4.69) is 5.32 Å². The zero-order valence-corrected chi connectivity index (χ0v) is 16.4. The summed E-state index contributed by atoms with van der Waals surface area (Å²) in [5, 5.41) is 2.91. The first-order valence-electron chi connectivity index (χ1n) is 9.67. The molecule has 2 aromatic rings. The van der Waals surface area contributed by atoms with Crippen LogP contribution in [0, 0.1) is 0 Å². The Kier molecular flexibility index (Phi) is 6.19. The fraction of sp³-hybridized carbons (Fsp3) is 0.364. The zero-order valence-electron chi connectivity index (χ0n) is 16.4. The van der Waals surface area contributed by atoms with E-state index in [9.17, 15) is 9.59 Å². The minimum absolute atomic E-state index is 0.0448. The topological polar surface area (TPSA) is 84.7 Å². The van der Waals surface area contributed by atoms with Crippen LogP contribution >= 0.6 is 0 Å². The number of hydrogen-bond donors (Lipinski definition) is 2. The van der Waals surface area contributed by atoms with Gasteiger partial charge in [-0.05, 0) is 43.5 Å². The Morgan fingerprint density at radius 3 is 2.75 bits per heavy atom. The molecule has 1 heterocycles. The summed E-state index contributed by atoms with van der Waals surface area (Å²) in [5.74, 6) is 0.448. The molecule has 0 spiro atoms. The summed E-state index contributed by atoms with van der Waals surface area (Å²) in [7, 11) is 0. The van der Waals surface area contributed by atoms with Gasteiger partial charge in [-0.25, -0.2) is 0 Å². The first-order chi connectivity index (χ1) is 13.5. The molecule has 6 heteroatoms. The third kappa shape index (κ3) is 4.27. The van der Waals surface area contributed by atoms with Crippen molar-refractivity contribution in [1.82, 2.24) is 5.32 Å². The van der Waals surface area contributed by atoms with Gasteiger partial charge in [0.15, 0.2) is 0 Å². The summed E-state index contributed by atoms with van der Waals surface area (Å²) in [6.07, 6.45) is 1.89. The Balaban J connectivity index is 1.88. The minimum Gasteiger partial charge on any atom is -0.494 e. The van der Waals surface area contributed by atoms with Crippen LogP contribution < -0.4 is 20.7 Å². The number of fused-ring (bicyclic) bond motifs is 1. The van der Waals surface area contributed by atoms with Gasteiger partial charge in [-0.1, -0.05) is 24.3 Å². The number of benzene rings is 2. The second kappa shape index (κ2) is 8.78. The summed E-state index contributed by atoms with van der Waals surface area (Å²) >= 11 is 0. The molecule has 28 heavy (non-hydrogen) atoms. The minimum atomic E-state index is -0.459. The number of hydrogen-bond acceptors (Lipinski definition) is 4. The quantitative estimate of drug-likeness (QED) is 0.753. The van der Waals surface area contributed by atoms with Crippen LogP contribution in [-0.4, -0.2) is 25.0 Å². The number of nitrogens with one attached hydrogen (secondary N) is 1. The molecule has 0 aromatic heterocycles. The van der Waals surface area contributed by atoms with Crippen molar-refractivity contribution in [3.05, 3.63) is 53.6 Å². The van der Waals surface area contributed by atoms with E-state index < -0.39 is 6.04 Å². The molecule has 1 unspecified atom stereocenters. The van der Waals surface area contributed by atoms with E-state index in [1.807, 2.05) is 49.4 Å². The molecule has 148 valence electrons. The van der Waals surface area contributed by atoms with Crippen molar-refractivity contribution in [1.29, 1.82) is 0 Å². The lowest BCUT2D eigenvalue weighted by Gasteiger charge is -2.32. The number of carbonyl (C=O) groups excluding carboxylic acids is 2. The van der Waals surface area contributed by atoms with Gasteiger partial charge in [0.1, 0.15) is 5.75 Å². The van der Waals surface area contributed by atoms with Crippen LogP contribution in [0.3, 0.4) is 0 Å². The number of amides is 2. The van der Waals surface area contributed by atoms with Crippen molar-refractivity contribution in [2.75, 3.05) is 23.8 Å². The molecule has 2 amide bonds. The monoisotopic (exact) mass is 381 g/mol. The van der Waals surface area contributed by atoms with Crippen LogP contribution in [0.25, 0.3) is 0 Å².